The van der Waals surface area contributed by atoms with E-state index >= 15 is 0 Å². The van der Waals surface area contributed by atoms with Crippen molar-refractivity contribution >= 4 is 5.91 Å². The molecule has 4 nitrogen and oxygen atoms in total. The first-order chi connectivity index (χ1) is 11.5. The van der Waals surface area contributed by atoms with Gasteiger partial charge in [0.05, 0.1) is 6.54 Å². The van der Waals surface area contributed by atoms with Gasteiger partial charge in [0.1, 0.15) is 18.2 Å². The van der Waals surface area contributed by atoms with Gasteiger partial charge in [0.2, 0.25) is 5.91 Å². The Morgan fingerprint density at radius 2 is 1.88 bits per heavy atom. The molecule has 0 bridgehead atoms. The second-order valence-corrected chi connectivity index (χ2v) is 5.77. The molecule has 0 unspecified atom stereocenters. The Balaban J connectivity index is 1.66. The van der Waals surface area contributed by atoms with Crippen LogP contribution >= 0.6 is 0 Å². The Bertz CT molecular complexity index is 659. The first-order valence-electron chi connectivity index (χ1n) is 7.92. The third-order valence-corrected chi connectivity index (χ3v) is 3.61. The van der Waals surface area contributed by atoms with Crippen LogP contribution in [0, 0.1) is 12.7 Å². The lowest BCUT2D eigenvalue weighted by atomic mass is 10.2. The van der Waals surface area contributed by atoms with E-state index in [0.717, 1.165) is 5.75 Å². The second kappa shape index (κ2) is 9.03. The van der Waals surface area contributed by atoms with Crippen molar-refractivity contribution < 1.29 is 13.9 Å². The summed E-state index contributed by atoms with van der Waals surface area (Å²) in [7, 11) is 1.85. The maximum absolute atomic E-state index is 13.5. The maximum Gasteiger partial charge on any atom is 0.234 e. The van der Waals surface area contributed by atoms with Crippen molar-refractivity contribution in [3.8, 4) is 5.75 Å². The van der Waals surface area contributed by atoms with Crippen molar-refractivity contribution in [2.45, 2.75) is 13.5 Å². The molecule has 0 fully saturated rings. The first-order valence-corrected chi connectivity index (χ1v) is 7.92. The SMILES string of the molecule is Cc1ccc(OCCN(C)CC(=O)NCc2ccccc2F)cc1. The van der Waals surface area contributed by atoms with Crippen molar-refractivity contribution in [2.75, 3.05) is 26.7 Å². The summed E-state index contributed by atoms with van der Waals surface area (Å²) in [6.07, 6.45) is 0. The molecule has 128 valence electrons. The molecule has 0 aliphatic heterocycles. The number of likely N-dealkylation sites (N-methyl/N-ethyl adjacent to an activating group) is 1. The van der Waals surface area contributed by atoms with Gasteiger partial charge >= 0.3 is 0 Å². The molecule has 0 saturated heterocycles. The van der Waals surface area contributed by atoms with Gasteiger partial charge in [-0.15, -0.1) is 0 Å². The minimum absolute atomic E-state index is 0.143. The molecule has 0 aliphatic carbocycles. The molecule has 0 heterocycles. The van der Waals surface area contributed by atoms with Gasteiger partial charge in [0, 0.05) is 18.7 Å². The number of benzene rings is 2. The molecule has 0 atom stereocenters. The first kappa shape index (κ1) is 17.9. The normalized spacial score (nSPS) is 10.7. The highest BCUT2D eigenvalue weighted by Gasteiger charge is 2.08. The standard InChI is InChI=1S/C19H23FN2O2/c1-15-7-9-17(10-8-15)24-12-11-22(2)14-19(23)21-13-16-5-3-4-6-18(16)20/h3-10H,11-14H2,1-2H3,(H,21,23). The third kappa shape index (κ3) is 6.01. The lowest BCUT2D eigenvalue weighted by Crippen LogP contribution is -2.36. The van der Waals surface area contributed by atoms with Crippen molar-refractivity contribution in [1.82, 2.24) is 10.2 Å². The van der Waals surface area contributed by atoms with E-state index in [1.165, 1.54) is 11.6 Å². The number of hydrogen-bond acceptors (Lipinski definition) is 3. The van der Waals surface area contributed by atoms with Gasteiger partial charge in [-0.2, -0.15) is 0 Å². The van der Waals surface area contributed by atoms with Crippen LogP contribution in [0.2, 0.25) is 0 Å². The molecule has 24 heavy (non-hydrogen) atoms. The van der Waals surface area contributed by atoms with Gasteiger partial charge in [-0.05, 0) is 32.2 Å². The Kier molecular flexibility index (Phi) is 6.75. The lowest BCUT2D eigenvalue weighted by molar-refractivity contribution is -0.122. The third-order valence-electron chi connectivity index (χ3n) is 3.61. The van der Waals surface area contributed by atoms with E-state index in [1.54, 1.807) is 18.2 Å². The van der Waals surface area contributed by atoms with Crippen LogP contribution in [-0.4, -0.2) is 37.6 Å². The van der Waals surface area contributed by atoms with Crippen LogP contribution < -0.4 is 10.1 Å². The molecule has 0 saturated carbocycles. The topological polar surface area (TPSA) is 41.6 Å². The average molecular weight is 330 g/mol. The highest BCUT2D eigenvalue weighted by Crippen LogP contribution is 2.11. The number of nitrogens with zero attached hydrogens (tertiary/aromatic N) is 1. The van der Waals surface area contributed by atoms with Gasteiger partial charge in [-0.3, -0.25) is 9.69 Å². The van der Waals surface area contributed by atoms with E-state index in [-0.39, 0.29) is 24.8 Å². The van der Waals surface area contributed by atoms with Crippen LogP contribution in [-0.2, 0) is 11.3 Å². The van der Waals surface area contributed by atoms with Gasteiger partial charge in [0.15, 0.2) is 0 Å². The Hall–Kier alpha value is -2.40. The summed E-state index contributed by atoms with van der Waals surface area (Å²) in [6.45, 7) is 3.59. The highest BCUT2D eigenvalue weighted by molar-refractivity contribution is 5.77. The number of ether oxygens (including phenoxy) is 1. The Morgan fingerprint density at radius 1 is 1.17 bits per heavy atom. The Morgan fingerprint density at radius 3 is 2.58 bits per heavy atom. The fourth-order valence-electron chi connectivity index (χ4n) is 2.17. The smallest absolute Gasteiger partial charge is 0.234 e. The second-order valence-electron chi connectivity index (χ2n) is 5.77. The van der Waals surface area contributed by atoms with E-state index < -0.39 is 0 Å². The number of nitrogens with one attached hydrogen (secondary N) is 1. The fraction of sp³-hybridized carbons (Fsp3) is 0.316. The number of hydrogen-bond donors (Lipinski definition) is 1. The summed E-state index contributed by atoms with van der Waals surface area (Å²) in [5.41, 5.74) is 1.67. The zero-order valence-corrected chi connectivity index (χ0v) is 14.1. The van der Waals surface area contributed by atoms with Crippen LogP contribution in [0.5, 0.6) is 5.75 Å². The maximum atomic E-state index is 13.5. The van der Waals surface area contributed by atoms with Crippen molar-refractivity contribution in [1.29, 1.82) is 0 Å². The molecule has 1 N–H and O–H groups in total. The predicted molar refractivity (Wildman–Crippen MR) is 92.4 cm³/mol. The van der Waals surface area contributed by atoms with Crippen LogP contribution in [0.15, 0.2) is 48.5 Å². The summed E-state index contributed by atoms with van der Waals surface area (Å²) >= 11 is 0. The molecule has 0 radical (unpaired) electrons. The monoisotopic (exact) mass is 330 g/mol. The fourth-order valence-corrected chi connectivity index (χ4v) is 2.17. The van der Waals surface area contributed by atoms with E-state index in [9.17, 15) is 9.18 Å². The van der Waals surface area contributed by atoms with E-state index in [2.05, 4.69) is 5.32 Å². The molecule has 5 heteroatoms. The molecule has 0 aliphatic rings. The molecule has 0 spiro atoms. The summed E-state index contributed by atoms with van der Waals surface area (Å²) in [6, 6.07) is 14.3. The van der Waals surface area contributed by atoms with Crippen molar-refractivity contribution in [2.24, 2.45) is 0 Å². The lowest BCUT2D eigenvalue weighted by Gasteiger charge is -2.16. The average Bonchev–Trinajstić information content (AvgIpc) is 2.56. The number of rotatable bonds is 8. The van der Waals surface area contributed by atoms with Crippen LogP contribution in [0.3, 0.4) is 0 Å². The van der Waals surface area contributed by atoms with Crippen molar-refractivity contribution in [3.63, 3.8) is 0 Å². The zero-order valence-electron chi connectivity index (χ0n) is 14.1. The molecule has 2 rings (SSSR count). The number of halogens is 1. The largest absolute Gasteiger partial charge is 0.492 e. The van der Waals surface area contributed by atoms with Gasteiger partial charge in [-0.25, -0.2) is 4.39 Å². The van der Waals surface area contributed by atoms with Gasteiger partial charge in [-0.1, -0.05) is 35.9 Å². The molecule has 0 aromatic heterocycles. The quantitative estimate of drug-likeness (QED) is 0.809. The number of carbonyl (C=O) groups excluding carboxylic acids is 1. The number of carbonyl (C=O) groups is 1. The molecule has 2 aromatic carbocycles. The molecular formula is C19H23FN2O2. The summed E-state index contributed by atoms with van der Waals surface area (Å²) in [5, 5.41) is 2.72. The molecule has 2 aromatic rings. The Labute approximate surface area is 142 Å². The summed E-state index contributed by atoms with van der Waals surface area (Å²) < 4.78 is 19.1. The zero-order chi connectivity index (χ0) is 17.4. The van der Waals surface area contributed by atoms with E-state index in [1.807, 2.05) is 43.1 Å². The minimum atomic E-state index is -0.308. The number of aryl methyl sites for hydroxylation is 1. The summed E-state index contributed by atoms with van der Waals surface area (Å²) in [4.78, 5) is 13.8. The number of amides is 1. The van der Waals surface area contributed by atoms with E-state index in [0.29, 0.717) is 18.7 Å². The van der Waals surface area contributed by atoms with Crippen LogP contribution in [0.25, 0.3) is 0 Å². The highest BCUT2D eigenvalue weighted by atomic mass is 19.1. The molecule has 1 amide bonds. The van der Waals surface area contributed by atoms with Gasteiger partial charge < -0.3 is 10.1 Å². The van der Waals surface area contributed by atoms with Crippen LogP contribution in [0.4, 0.5) is 4.39 Å². The van der Waals surface area contributed by atoms with Gasteiger partial charge in [0.25, 0.3) is 0 Å². The molecular weight excluding hydrogens is 307 g/mol. The van der Waals surface area contributed by atoms with Crippen LogP contribution in [0.1, 0.15) is 11.1 Å². The van der Waals surface area contributed by atoms with Crippen molar-refractivity contribution in [3.05, 3.63) is 65.5 Å². The summed E-state index contributed by atoms with van der Waals surface area (Å²) in [5.74, 6) is 0.367. The van der Waals surface area contributed by atoms with E-state index in [4.69, 9.17) is 4.74 Å². The minimum Gasteiger partial charge on any atom is -0.492 e. The predicted octanol–water partition coefficient (Wildman–Crippen LogP) is 2.76.